The lowest BCUT2D eigenvalue weighted by molar-refractivity contribution is -0.137. The Morgan fingerprint density at radius 3 is 1.07 bits per heavy atom. The van der Waals surface area contributed by atoms with Crippen molar-refractivity contribution < 1.29 is 57.6 Å². The first-order chi connectivity index (χ1) is 51.1. The van der Waals surface area contributed by atoms with Crippen LogP contribution >= 0.6 is 15.9 Å². The van der Waals surface area contributed by atoms with E-state index in [1.165, 1.54) is 30.9 Å². The maximum Gasteiger partial charge on any atom is 0.337 e. The van der Waals surface area contributed by atoms with Crippen molar-refractivity contribution in [1.29, 1.82) is 0 Å². The zero-order valence-electron chi connectivity index (χ0n) is 61.7. The first-order valence-electron chi connectivity index (χ1n) is 36.2. The molecule has 2 N–H and O–H groups in total. The summed E-state index contributed by atoms with van der Waals surface area (Å²) in [7, 11) is 2.77. The monoisotopic (exact) mass is 1490 g/mol. The minimum atomic E-state index is -0.754. The van der Waals surface area contributed by atoms with Crippen LogP contribution in [0.5, 0.6) is 17.2 Å². The summed E-state index contributed by atoms with van der Waals surface area (Å²) in [6.45, 7) is 13.3. The summed E-state index contributed by atoms with van der Waals surface area (Å²) in [6, 6.07) is 77.7. The standard InChI is InChI=1S/C30H35NO4.C29H33NO4.C21H27NO2.C9H9BrO2/c1-24(32)10-8-9-20-31(22-25-15-17-28(18-16-25)30(33)34-2)21-19-27-13-6-7-14-29(27)35-23-26-11-4-3-5-12-26;1-23(31)26-16-14-24(15-17-26)21-30(19-8-7-13-29(32)33)20-18-27-11-5-6-12-28(27)34-22-25-9-3-2-4-10-25;1-18(23)9-7-8-15-22-16-14-20-12-5-6-13-21(20)24-17-19-10-3-2-4-11-19;1-12-9(11)8-4-2-7(6-10)3-5-8/h3-7,11-18H,8-10,19-23H2,1-2H3;2-6,9-12,14-17H,7-8,13,18-22H2,1H3,(H,32,33);2-6,10-13,22H,7-9,14-17H2,1H3;2-5H,6H2,1H3. The van der Waals surface area contributed by atoms with E-state index in [1.54, 1.807) is 32.9 Å². The molecule has 0 saturated heterocycles. The molecule has 0 atom stereocenters. The number of nitrogens with zero attached hydrogens (tertiary/aromatic N) is 2. The minimum absolute atomic E-state index is 0.0594. The number of ketones is 3. The molecule has 0 spiro atoms. The van der Waals surface area contributed by atoms with E-state index in [4.69, 9.17) is 24.1 Å². The molecule has 9 aromatic rings. The highest BCUT2D eigenvalue weighted by atomic mass is 79.9. The van der Waals surface area contributed by atoms with Crippen LogP contribution in [0.4, 0.5) is 0 Å². The molecule has 16 heteroatoms. The molecule has 0 aliphatic heterocycles. The number of alkyl halides is 1. The highest BCUT2D eigenvalue weighted by Gasteiger charge is 2.15. The van der Waals surface area contributed by atoms with Gasteiger partial charge in [0, 0.05) is 56.3 Å². The van der Waals surface area contributed by atoms with Crippen molar-refractivity contribution in [3.8, 4) is 17.2 Å². The lowest BCUT2D eigenvalue weighted by Crippen LogP contribution is -2.27. The predicted molar refractivity (Wildman–Crippen MR) is 421 cm³/mol. The van der Waals surface area contributed by atoms with Crippen molar-refractivity contribution in [3.63, 3.8) is 0 Å². The molecule has 0 fully saturated rings. The van der Waals surface area contributed by atoms with Gasteiger partial charge in [0.15, 0.2) is 5.78 Å². The van der Waals surface area contributed by atoms with Crippen LogP contribution in [0.2, 0.25) is 0 Å². The Morgan fingerprint density at radius 2 is 0.705 bits per heavy atom. The van der Waals surface area contributed by atoms with Gasteiger partial charge in [-0.3, -0.25) is 19.4 Å². The van der Waals surface area contributed by atoms with Gasteiger partial charge in [0.05, 0.1) is 25.3 Å². The van der Waals surface area contributed by atoms with Crippen LogP contribution in [-0.4, -0.2) is 104 Å². The second-order valence-electron chi connectivity index (χ2n) is 25.6. The fraction of sp³-hybridized carbons (Fsp3) is 0.326. The Bertz CT molecular complexity index is 3970. The van der Waals surface area contributed by atoms with Crippen LogP contribution in [0.3, 0.4) is 0 Å². The number of carboxylic acids is 1. The van der Waals surface area contributed by atoms with Gasteiger partial charge in [-0.25, -0.2) is 9.59 Å². The average Bonchev–Trinajstić information content (AvgIpc) is 0.953. The number of rotatable bonds is 41. The van der Waals surface area contributed by atoms with Crippen LogP contribution in [0.15, 0.2) is 237 Å². The SMILES string of the molecule is CC(=O)CCCCNCCc1ccccc1OCc1ccccc1.CC(=O)c1ccc(CN(CCCCC(=O)O)CCc2ccccc2OCc2ccccc2)cc1.COC(=O)c1ccc(CBr)cc1.COC(=O)c1ccc(CN(CCCCC(C)=O)CCc2ccccc2OCc2ccccc2)cc1. The predicted octanol–water partition coefficient (Wildman–Crippen LogP) is 18.1. The van der Waals surface area contributed by atoms with E-state index >= 15 is 0 Å². The molecule has 15 nitrogen and oxygen atoms in total. The molecule has 0 aliphatic rings. The maximum absolute atomic E-state index is 11.7. The third kappa shape index (κ3) is 34.5. The number of carbonyl (C=O) groups is 6. The highest BCUT2D eigenvalue weighted by Crippen LogP contribution is 2.25. The van der Waals surface area contributed by atoms with E-state index in [1.807, 2.05) is 164 Å². The van der Waals surface area contributed by atoms with E-state index in [-0.39, 0.29) is 35.7 Å². The van der Waals surface area contributed by atoms with Gasteiger partial charge in [-0.1, -0.05) is 210 Å². The molecule has 0 unspecified atom stereocenters. The first kappa shape index (κ1) is 84.1. The number of hydrogen-bond acceptors (Lipinski definition) is 14. The quantitative estimate of drug-likeness (QED) is 0.0159. The molecule has 9 aromatic carbocycles. The van der Waals surface area contributed by atoms with Crippen molar-refractivity contribution in [2.75, 3.05) is 53.5 Å². The van der Waals surface area contributed by atoms with Gasteiger partial charge in [-0.15, -0.1) is 0 Å². The van der Waals surface area contributed by atoms with E-state index in [0.29, 0.717) is 55.8 Å². The summed E-state index contributed by atoms with van der Waals surface area (Å²) in [5, 5.41) is 13.2. The summed E-state index contributed by atoms with van der Waals surface area (Å²) >= 11 is 3.32. The molecule has 105 heavy (non-hydrogen) atoms. The molecule has 554 valence electrons. The molecule has 0 heterocycles. The molecule has 0 bridgehead atoms. The summed E-state index contributed by atoms with van der Waals surface area (Å²) in [6.07, 6.45) is 9.49. The number of carbonyl (C=O) groups excluding carboxylic acids is 5. The Hall–Kier alpha value is -9.84. The van der Waals surface area contributed by atoms with Crippen molar-refractivity contribution in [3.05, 3.63) is 303 Å². The van der Waals surface area contributed by atoms with Crippen LogP contribution < -0.4 is 19.5 Å². The Morgan fingerprint density at radius 1 is 0.362 bits per heavy atom. The first-order valence-corrected chi connectivity index (χ1v) is 37.3. The van der Waals surface area contributed by atoms with Gasteiger partial charge >= 0.3 is 17.9 Å². The highest BCUT2D eigenvalue weighted by molar-refractivity contribution is 9.08. The topological polar surface area (TPSA) is 187 Å². The Labute approximate surface area is 630 Å². The van der Waals surface area contributed by atoms with Crippen LogP contribution in [0.1, 0.15) is 160 Å². The van der Waals surface area contributed by atoms with Gasteiger partial charge in [0.2, 0.25) is 0 Å². The number of ether oxygens (including phenoxy) is 5. The number of hydrogen-bond donors (Lipinski definition) is 2. The number of carboxylic acid groups (broad SMARTS) is 1. The number of aliphatic carboxylic acids is 1. The number of para-hydroxylation sites is 3. The van der Waals surface area contributed by atoms with Crippen LogP contribution in [-0.2, 0) is 81.4 Å². The summed E-state index contributed by atoms with van der Waals surface area (Å²) in [5.41, 5.74) is 12.3. The molecule has 0 radical (unpaired) electrons. The number of nitrogens with one attached hydrogen (secondary N) is 1. The zero-order valence-corrected chi connectivity index (χ0v) is 63.3. The van der Waals surface area contributed by atoms with Gasteiger partial charge in [0.1, 0.15) is 48.6 Å². The molecule has 0 saturated carbocycles. The largest absolute Gasteiger partial charge is 0.489 e. The number of unbranched alkanes of at least 4 members (excludes halogenated alkanes) is 3. The summed E-state index contributed by atoms with van der Waals surface area (Å²) < 4.78 is 27.6. The molecule has 9 rings (SSSR count). The van der Waals surface area contributed by atoms with Gasteiger partial charge in [-0.2, -0.15) is 0 Å². The van der Waals surface area contributed by atoms with E-state index < -0.39 is 5.97 Å². The van der Waals surface area contributed by atoms with Crippen molar-refractivity contribution in [1.82, 2.24) is 15.1 Å². The second-order valence-corrected chi connectivity index (χ2v) is 26.2. The van der Waals surface area contributed by atoms with Gasteiger partial charge in [-0.05, 0) is 197 Å². The van der Waals surface area contributed by atoms with Gasteiger partial charge < -0.3 is 43.7 Å². The van der Waals surface area contributed by atoms with E-state index in [2.05, 4.69) is 96.4 Å². The third-order valence-electron chi connectivity index (χ3n) is 17.2. The minimum Gasteiger partial charge on any atom is -0.489 e. The number of halogens is 1. The normalized spacial score (nSPS) is 10.6. The summed E-state index contributed by atoms with van der Waals surface area (Å²) in [4.78, 5) is 72.1. The lowest BCUT2D eigenvalue weighted by atomic mass is 10.1. The van der Waals surface area contributed by atoms with Crippen LogP contribution in [0, 0.1) is 0 Å². The molecule has 0 amide bonds. The smallest absolute Gasteiger partial charge is 0.337 e. The van der Waals surface area contributed by atoms with Crippen molar-refractivity contribution in [2.45, 2.75) is 136 Å². The molecule has 0 aromatic heterocycles. The summed E-state index contributed by atoms with van der Waals surface area (Å²) in [5.74, 6) is 1.96. The maximum atomic E-state index is 11.7. The van der Waals surface area contributed by atoms with Gasteiger partial charge in [0.25, 0.3) is 0 Å². The van der Waals surface area contributed by atoms with E-state index in [0.717, 1.165) is 160 Å². The molecular weight excluding hydrogens is 1380 g/mol. The fourth-order valence-corrected chi connectivity index (χ4v) is 11.6. The lowest BCUT2D eigenvalue weighted by Gasteiger charge is -2.23. The van der Waals surface area contributed by atoms with Crippen molar-refractivity contribution >= 4 is 51.2 Å². The molecule has 0 aliphatic carbocycles. The number of benzene rings is 9. The zero-order chi connectivity index (χ0) is 75.1. The number of Topliss-reactive ketones (excluding diaryl/α,β-unsaturated/α-hetero) is 3. The molecular formula is C89H104BrN3O12. The Balaban J connectivity index is 0.000000232. The van der Waals surface area contributed by atoms with Crippen molar-refractivity contribution in [2.24, 2.45) is 0 Å². The number of esters is 2. The van der Waals surface area contributed by atoms with E-state index in [9.17, 15) is 28.8 Å². The average molecular weight is 1490 g/mol. The Kier molecular flexibility index (Phi) is 39.9. The fourth-order valence-electron chi connectivity index (χ4n) is 11.2. The van der Waals surface area contributed by atoms with Crippen LogP contribution in [0.25, 0.3) is 0 Å². The third-order valence-corrected chi connectivity index (χ3v) is 17.8. The number of methoxy groups -OCH3 is 2. The second kappa shape index (κ2) is 49.8.